The molecule has 10 nitrogen and oxygen atoms in total. The van der Waals surface area contributed by atoms with Crippen LogP contribution in [0.1, 0.15) is 45.7 Å². The Labute approximate surface area is 221 Å². The molecular weight excluding hydrogens is 510 g/mol. The van der Waals surface area contributed by atoms with Crippen molar-refractivity contribution in [2.24, 2.45) is 4.99 Å². The zero-order chi connectivity index (χ0) is 26.2. The van der Waals surface area contributed by atoms with Crippen molar-refractivity contribution in [3.63, 3.8) is 0 Å². The minimum absolute atomic E-state index is 0.121. The Morgan fingerprint density at radius 2 is 1.95 bits per heavy atom. The highest BCUT2D eigenvalue weighted by molar-refractivity contribution is 7.89. The number of nitrogens with zero attached hydrogens (tertiary/aromatic N) is 5. The topological polar surface area (TPSA) is 110 Å². The molecule has 4 heterocycles. The van der Waals surface area contributed by atoms with E-state index in [1.54, 1.807) is 34.4 Å². The second-order valence-electron chi connectivity index (χ2n) is 11.0. The zero-order valence-corrected chi connectivity index (χ0v) is 23.3. The largest absolute Gasteiger partial charge is 0.318 e. The van der Waals surface area contributed by atoms with Gasteiger partial charge in [-0.1, -0.05) is 0 Å². The molecule has 1 aliphatic carbocycles. The number of anilines is 1. The number of hydrogen-bond donors (Lipinski definition) is 2. The van der Waals surface area contributed by atoms with Crippen LogP contribution in [0.4, 0.5) is 5.69 Å². The molecule has 2 aromatic rings. The number of aromatic nitrogens is 1. The molecule has 0 atom stereocenters. The van der Waals surface area contributed by atoms with Gasteiger partial charge in [0.1, 0.15) is 0 Å². The quantitative estimate of drug-likeness (QED) is 0.522. The molecule has 1 saturated heterocycles. The fraction of sp³-hybridized carbons (Fsp3) is 0.560. The Balaban J connectivity index is 1.39. The molecule has 1 spiro atoms. The van der Waals surface area contributed by atoms with Crippen LogP contribution in [0.2, 0.25) is 0 Å². The van der Waals surface area contributed by atoms with Gasteiger partial charge in [0.05, 0.1) is 45.5 Å². The first kappa shape index (κ1) is 24.9. The molecule has 198 valence electrons. The zero-order valence-electron chi connectivity index (χ0n) is 21.7. The molecule has 4 aliphatic rings. The van der Waals surface area contributed by atoms with Gasteiger partial charge in [0.25, 0.3) is 5.91 Å². The lowest BCUT2D eigenvalue weighted by Crippen LogP contribution is -2.73. The molecule has 2 fully saturated rings. The highest BCUT2D eigenvalue weighted by Gasteiger charge is 2.56. The number of aryl methyl sites for hydroxylation is 2. The van der Waals surface area contributed by atoms with E-state index in [9.17, 15) is 13.2 Å². The van der Waals surface area contributed by atoms with E-state index in [4.69, 9.17) is 4.99 Å². The van der Waals surface area contributed by atoms with Gasteiger partial charge in [-0.05, 0) is 58.9 Å². The second kappa shape index (κ2) is 8.57. The van der Waals surface area contributed by atoms with Crippen molar-refractivity contribution < 1.29 is 13.2 Å². The maximum absolute atomic E-state index is 14.0. The molecule has 12 heteroatoms. The lowest BCUT2D eigenvalue weighted by molar-refractivity contribution is 0.0769. The molecule has 1 aromatic heterocycles. The molecule has 6 rings (SSSR count). The lowest BCUT2D eigenvalue weighted by atomic mass is 9.87. The van der Waals surface area contributed by atoms with Gasteiger partial charge in [-0.3, -0.25) is 14.6 Å². The molecule has 1 saturated carbocycles. The lowest BCUT2D eigenvalue weighted by Gasteiger charge is -2.55. The van der Waals surface area contributed by atoms with Crippen LogP contribution in [0.3, 0.4) is 0 Å². The van der Waals surface area contributed by atoms with E-state index in [2.05, 4.69) is 24.8 Å². The van der Waals surface area contributed by atoms with Crippen molar-refractivity contribution >= 4 is 38.9 Å². The molecule has 37 heavy (non-hydrogen) atoms. The van der Waals surface area contributed by atoms with E-state index in [1.165, 1.54) is 0 Å². The second-order valence-corrected chi connectivity index (χ2v) is 13.9. The Kier molecular flexibility index (Phi) is 5.77. The third-order valence-electron chi connectivity index (χ3n) is 7.82. The van der Waals surface area contributed by atoms with Gasteiger partial charge in [0.2, 0.25) is 16.0 Å². The number of thiazole rings is 1. The third kappa shape index (κ3) is 4.19. The number of rotatable bonds is 8. The maximum atomic E-state index is 14.0. The average Bonchev–Trinajstić information content (AvgIpc) is 3.26. The van der Waals surface area contributed by atoms with Gasteiger partial charge in [-0.2, -0.15) is 0 Å². The van der Waals surface area contributed by atoms with E-state index >= 15 is 0 Å². The molecule has 0 bridgehead atoms. The van der Waals surface area contributed by atoms with Gasteiger partial charge in [0, 0.05) is 36.6 Å². The summed E-state index contributed by atoms with van der Waals surface area (Å²) in [7, 11) is -1.80. The molecule has 2 N–H and O–H groups in total. The van der Waals surface area contributed by atoms with E-state index in [-0.39, 0.29) is 16.3 Å². The van der Waals surface area contributed by atoms with Gasteiger partial charge in [0.15, 0.2) is 0 Å². The molecular formula is C25H33N7O3S2. The van der Waals surface area contributed by atoms with Gasteiger partial charge in [-0.25, -0.2) is 23.1 Å². The Morgan fingerprint density at radius 1 is 1.19 bits per heavy atom. The first-order valence-corrected chi connectivity index (χ1v) is 15.0. The van der Waals surface area contributed by atoms with Gasteiger partial charge in [-0.15, -0.1) is 11.3 Å². The summed E-state index contributed by atoms with van der Waals surface area (Å²) in [4.78, 5) is 30.8. The fourth-order valence-corrected chi connectivity index (χ4v) is 7.98. The number of likely N-dealkylation sites (N-methyl/N-ethyl adjacent to an activating group) is 1. The maximum Gasteiger partial charge on any atom is 0.263 e. The van der Waals surface area contributed by atoms with Crippen LogP contribution in [0.5, 0.6) is 0 Å². The van der Waals surface area contributed by atoms with Crippen LogP contribution in [0, 0.1) is 13.8 Å². The number of sulfonamides is 1. The Bertz CT molecular complexity index is 1410. The smallest absolute Gasteiger partial charge is 0.263 e. The van der Waals surface area contributed by atoms with Gasteiger partial charge >= 0.3 is 0 Å². The van der Waals surface area contributed by atoms with Crippen molar-refractivity contribution in [2.75, 3.05) is 44.7 Å². The highest BCUT2D eigenvalue weighted by atomic mass is 32.2. The van der Waals surface area contributed by atoms with E-state index in [1.807, 2.05) is 27.8 Å². The summed E-state index contributed by atoms with van der Waals surface area (Å²) in [6.07, 6.45) is 1.63. The summed E-state index contributed by atoms with van der Waals surface area (Å²) in [5, 5.41) is 4.15. The number of guanidine groups is 1. The van der Waals surface area contributed by atoms with Crippen molar-refractivity contribution in [1.82, 2.24) is 24.8 Å². The number of likely N-dealkylation sites (tertiary alicyclic amines) is 1. The molecule has 3 aliphatic heterocycles. The van der Waals surface area contributed by atoms with Crippen LogP contribution in [0.15, 0.2) is 28.1 Å². The SMILES string of the molecule is CNCCN1CC2(CN=C3N(Cc4sc(C)nc4C)C(=O)c4cc(S(=O)(=O)NC5(C)CC5)ccc4N32)C1. The van der Waals surface area contributed by atoms with Crippen molar-refractivity contribution in [1.29, 1.82) is 0 Å². The average molecular weight is 544 g/mol. The number of nitrogens with one attached hydrogen (secondary N) is 2. The summed E-state index contributed by atoms with van der Waals surface area (Å²) >= 11 is 1.58. The Morgan fingerprint density at radius 3 is 2.59 bits per heavy atom. The van der Waals surface area contributed by atoms with Crippen LogP contribution < -0.4 is 14.9 Å². The number of amides is 1. The highest BCUT2D eigenvalue weighted by Crippen LogP contribution is 2.44. The first-order valence-electron chi connectivity index (χ1n) is 12.7. The van der Waals surface area contributed by atoms with Crippen molar-refractivity contribution in [3.05, 3.63) is 39.3 Å². The van der Waals surface area contributed by atoms with E-state index in [0.717, 1.165) is 60.3 Å². The van der Waals surface area contributed by atoms with Crippen LogP contribution >= 0.6 is 11.3 Å². The summed E-state index contributed by atoms with van der Waals surface area (Å²) in [5.74, 6) is 0.420. The number of benzene rings is 1. The normalized spacial score (nSPS) is 21.6. The van der Waals surface area contributed by atoms with Crippen molar-refractivity contribution in [3.8, 4) is 0 Å². The standard InChI is InChI=1S/C25H33N7O3S2/c1-16-21(36-17(2)28-16)12-31-22(33)19-11-18(37(34,35)29-24(3)7-8-24)5-6-20(19)32-23(31)27-13-25(32)14-30(15-25)10-9-26-4/h5-6,11,26,29H,7-10,12-15H2,1-4H3. The minimum atomic E-state index is -3.75. The number of hydrogen-bond acceptors (Lipinski definition) is 9. The summed E-state index contributed by atoms with van der Waals surface area (Å²) in [5.41, 5.74) is 1.40. The predicted octanol–water partition coefficient (Wildman–Crippen LogP) is 1.70. The number of fused-ring (bicyclic) bond motifs is 4. The summed E-state index contributed by atoms with van der Waals surface area (Å²) in [6.45, 7) is 10.3. The number of carbonyl (C=O) groups is 1. The van der Waals surface area contributed by atoms with E-state index in [0.29, 0.717) is 24.6 Å². The van der Waals surface area contributed by atoms with Gasteiger partial charge < -0.3 is 10.2 Å². The molecule has 0 unspecified atom stereocenters. The van der Waals surface area contributed by atoms with Crippen LogP contribution in [-0.4, -0.2) is 85.9 Å². The van der Waals surface area contributed by atoms with Crippen LogP contribution in [0.25, 0.3) is 0 Å². The summed E-state index contributed by atoms with van der Waals surface area (Å²) < 4.78 is 29.2. The predicted molar refractivity (Wildman–Crippen MR) is 144 cm³/mol. The van der Waals surface area contributed by atoms with Crippen LogP contribution in [-0.2, 0) is 16.6 Å². The Hall–Kier alpha value is -2.38. The summed E-state index contributed by atoms with van der Waals surface area (Å²) in [6, 6.07) is 4.95. The molecule has 0 radical (unpaired) electrons. The molecule has 1 aromatic carbocycles. The van der Waals surface area contributed by atoms with E-state index < -0.39 is 15.6 Å². The monoisotopic (exact) mass is 543 g/mol. The minimum Gasteiger partial charge on any atom is -0.318 e. The molecule has 1 amide bonds. The number of carbonyl (C=O) groups excluding carboxylic acids is 1. The fourth-order valence-electron chi connectivity index (χ4n) is 5.56. The third-order valence-corrected chi connectivity index (χ3v) is 10.5. The van der Waals surface area contributed by atoms with Crippen molar-refractivity contribution in [2.45, 2.75) is 56.1 Å². The number of aliphatic imine (C=N–C) groups is 1. The first-order chi connectivity index (χ1) is 17.5.